The molecule has 3 heterocycles. The molecular formula is C28H26N6O5. The van der Waals surface area contributed by atoms with Crippen molar-refractivity contribution in [1.82, 2.24) is 20.3 Å². The van der Waals surface area contributed by atoms with Gasteiger partial charge < -0.3 is 30.7 Å². The van der Waals surface area contributed by atoms with E-state index >= 15 is 0 Å². The standard InChI is InChI=1S/C28H26N6O5/c1-2-20(35)30-17-7-6-14-34(15-17)26-24-23(32-27(37)28(38)33-24)21(25(29)36)22(31-26)16-10-12-19(13-11-16)39-18-8-4-3-5-9-18/h2-5,8-13,17H,1,6-7,14-15H2,(H2,29,36)(H,30,35)(H,32,37)(H,33,38)/t17-/m1/s1. The molecule has 1 aliphatic heterocycles. The molecule has 1 fully saturated rings. The number of piperidine rings is 1. The number of primary amides is 1. The Morgan fingerprint density at radius 1 is 1.03 bits per heavy atom. The van der Waals surface area contributed by atoms with Gasteiger partial charge in [0.1, 0.15) is 17.0 Å². The number of carbonyl (C=O) groups is 2. The lowest BCUT2D eigenvalue weighted by Crippen LogP contribution is -2.48. The monoisotopic (exact) mass is 526 g/mol. The number of nitrogens with one attached hydrogen (secondary N) is 3. The van der Waals surface area contributed by atoms with Crippen molar-refractivity contribution in [3.63, 3.8) is 0 Å². The normalized spacial score (nSPS) is 15.1. The Hall–Kier alpha value is -5.19. The molecule has 0 bridgehead atoms. The first-order valence-corrected chi connectivity index (χ1v) is 12.4. The van der Waals surface area contributed by atoms with E-state index in [-0.39, 0.29) is 34.2 Å². The molecule has 4 aromatic rings. The van der Waals surface area contributed by atoms with Crippen LogP contribution in [0.3, 0.4) is 0 Å². The number of fused-ring (bicyclic) bond motifs is 1. The summed E-state index contributed by atoms with van der Waals surface area (Å²) in [6.45, 7) is 4.46. The number of rotatable bonds is 7. The smallest absolute Gasteiger partial charge is 0.314 e. The number of amides is 2. The Morgan fingerprint density at radius 3 is 2.36 bits per heavy atom. The Morgan fingerprint density at radius 2 is 1.69 bits per heavy atom. The first kappa shape index (κ1) is 25.5. The Labute approximate surface area is 222 Å². The fourth-order valence-electron chi connectivity index (χ4n) is 4.69. The molecule has 1 atom stereocenters. The topological polar surface area (TPSA) is 163 Å². The summed E-state index contributed by atoms with van der Waals surface area (Å²) in [7, 11) is 0. The highest BCUT2D eigenvalue weighted by atomic mass is 16.5. The van der Waals surface area contributed by atoms with Crippen molar-refractivity contribution in [1.29, 1.82) is 0 Å². The minimum absolute atomic E-state index is 0.0349. The quantitative estimate of drug-likeness (QED) is 0.212. The number of H-pyrrole nitrogens is 2. The number of para-hydroxylation sites is 1. The average Bonchev–Trinajstić information content (AvgIpc) is 2.94. The van der Waals surface area contributed by atoms with Crippen LogP contribution in [0, 0.1) is 0 Å². The van der Waals surface area contributed by atoms with Gasteiger partial charge in [0.25, 0.3) is 5.91 Å². The molecule has 5 rings (SSSR count). The van der Waals surface area contributed by atoms with E-state index in [4.69, 9.17) is 15.5 Å². The highest BCUT2D eigenvalue weighted by molar-refractivity contribution is 6.11. The van der Waals surface area contributed by atoms with Crippen molar-refractivity contribution >= 4 is 28.7 Å². The van der Waals surface area contributed by atoms with Gasteiger partial charge in [0, 0.05) is 24.7 Å². The molecule has 198 valence electrons. The predicted octanol–water partition coefficient (Wildman–Crippen LogP) is 2.44. The summed E-state index contributed by atoms with van der Waals surface area (Å²) in [6.07, 6.45) is 2.69. The number of nitrogens with zero attached hydrogens (tertiary/aromatic N) is 2. The lowest BCUT2D eigenvalue weighted by atomic mass is 10.0. The van der Waals surface area contributed by atoms with Gasteiger partial charge in [-0.1, -0.05) is 24.8 Å². The van der Waals surface area contributed by atoms with Gasteiger partial charge in [0.2, 0.25) is 5.91 Å². The first-order valence-electron chi connectivity index (χ1n) is 12.4. The van der Waals surface area contributed by atoms with Crippen molar-refractivity contribution in [2.75, 3.05) is 18.0 Å². The molecule has 1 saturated heterocycles. The first-order chi connectivity index (χ1) is 18.8. The second-order valence-corrected chi connectivity index (χ2v) is 9.12. The van der Waals surface area contributed by atoms with Gasteiger partial charge in [0.05, 0.1) is 16.8 Å². The summed E-state index contributed by atoms with van der Waals surface area (Å²) in [4.78, 5) is 61.0. The third kappa shape index (κ3) is 5.28. The highest BCUT2D eigenvalue weighted by Gasteiger charge is 2.28. The molecule has 11 nitrogen and oxygen atoms in total. The zero-order valence-electron chi connectivity index (χ0n) is 20.9. The Balaban J connectivity index is 1.63. The lowest BCUT2D eigenvalue weighted by molar-refractivity contribution is -0.117. The van der Waals surface area contributed by atoms with E-state index < -0.39 is 17.0 Å². The van der Waals surface area contributed by atoms with E-state index in [1.54, 1.807) is 24.3 Å². The van der Waals surface area contributed by atoms with Crippen LogP contribution in [0.25, 0.3) is 22.3 Å². The number of ether oxygens (including phenoxy) is 1. The second-order valence-electron chi connectivity index (χ2n) is 9.12. The number of nitrogens with two attached hydrogens (primary N) is 1. The van der Waals surface area contributed by atoms with Gasteiger partial charge in [-0.15, -0.1) is 0 Å². The Kier molecular flexibility index (Phi) is 6.96. The average molecular weight is 527 g/mol. The van der Waals surface area contributed by atoms with E-state index in [0.717, 1.165) is 12.8 Å². The van der Waals surface area contributed by atoms with Gasteiger partial charge in [-0.2, -0.15) is 0 Å². The number of benzene rings is 2. The number of pyridine rings is 1. The van der Waals surface area contributed by atoms with Crippen molar-refractivity contribution in [2.24, 2.45) is 5.73 Å². The number of aromatic amines is 2. The van der Waals surface area contributed by atoms with Gasteiger partial charge in [-0.05, 0) is 55.3 Å². The summed E-state index contributed by atoms with van der Waals surface area (Å²) < 4.78 is 5.87. The molecular weight excluding hydrogens is 500 g/mol. The van der Waals surface area contributed by atoms with Crippen LogP contribution in [-0.2, 0) is 4.79 Å². The van der Waals surface area contributed by atoms with Crippen LogP contribution in [0.5, 0.6) is 11.5 Å². The SMILES string of the molecule is C=CC(=O)N[C@@H]1CCCN(c2nc(-c3ccc(Oc4ccccc4)cc3)c(C(N)=O)c3[nH]c(=O)c(=O)[nH]c23)C1. The molecule has 1 aliphatic rings. The van der Waals surface area contributed by atoms with E-state index in [9.17, 15) is 19.2 Å². The highest BCUT2D eigenvalue weighted by Crippen LogP contribution is 2.34. The molecule has 0 radical (unpaired) electrons. The fourth-order valence-corrected chi connectivity index (χ4v) is 4.69. The van der Waals surface area contributed by atoms with Crippen molar-refractivity contribution in [3.05, 3.63) is 93.5 Å². The predicted molar refractivity (Wildman–Crippen MR) is 147 cm³/mol. The maximum Gasteiger partial charge on any atom is 0.314 e. The van der Waals surface area contributed by atoms with Crippen LogP contribution in [0.15, 0.2) is 76.8 Å². The summed E-state index contributed by atoms with van der Waals surface area (Å²) >= 11 is 0. The maximum atomic E-state index is 12.7. The van der Waals surface area contributed by atoms with Crippen LogP contribution in [0.4, 0.5) is 5.82 Å². The van der Waals surface area contributed by atoms with Crippen LogP contribution < -0.4 is 31.8 Å². The van der Waals surface area contributed by atoms with Crippen LogP contribution in [0.1, 0.15) is 23.2 Å². The van der Waals surface area contributed by atoms with E-state index in [1.807, 2.05) is 35.2 Å². The molecule has 5 N–H and O–H groups in total. The Bertz CT molecular complexity index is 1680. The van der Waals surface area contributed by atoms with Crippen LogP contribution >= 0.6 is 0 Å². The van der Waals surface area contributed by atoms with Gasteiger partial charge in [-0.3, -0.25) is 19.2 Å². The molecule has 0 saturated carbocycles. The number of aromatic nitrogens is 3. The summed E-state index contributed by atoms with van der Waals surface area (Å²) in [6, 6.07) is 16.0. The fraction of sp³-hybridized carbons (Fsp3) is 0.179. The minimum atomic E-state index is -0.922. The van der Waals surface area contributed by atoms with Crippen molar-refractivity contribution < 1.29 is 14.3 Å². The molecule has 0 unspecified atom stereocenters. The van der Waals surface area contributed by atoms with E-state index in [1.165, 1.54) is 6.08 Å². The van der Waals surface area contributed by atoms with Gasteiger partial charge >= 0.3 is 11.1 Å². The number of anilines is 1. The summed E-state index contributed by atoms with van der Waals surface area (Å²) in [5.74, 6) is 0.469. The molecule has 39 heavy (non-hydrogen) atoms. The molecule has 11 heteroatoms. The second kappa shape index (κ2) is 10.7. The minimum Gasteiger partial charge on any atom is -0.457 e. The number of hydrogen-bond donors (Lipinski definition) is 4. The molecule has 0 spiro atoms. The zero-order chi connectivity index (χ0) is 27.5. The number of carbonyl (C=O) groups excluding carboxylic acids is 2. The van der Waals surface area contributed by atoms with Crippen molar-refractivity contribution in [2.45, 2.75) is 18.9 Å². The molecule has 2 aromatic carbocycles. The largest absolute Gasteiger partial charge is 0.457 e. The third-order valence-electron chi connectivity index (χ3n) is 6.47. The number of hydrogen-bond acceptors (Lipinski definition) is 7. The van der Waals surface area contributed by atoms with Gasteiger partial charge in [0.15, 0.2) is 5.82 Å². The summed E-state index contributed by atoms with van der Waals surface area (Å²) in [5.41, 5.74) is 4.97. The maximum absolute atomic E-state index is 12.7. The molecule has 2 aromatic heterocycles. The third-order valence-corrected chi connectivity index (χ3v) is 6.47. The van der Waals surface area contributed by atoms with E-state index in [0.29, 0.717) is 36.0 Å². The van der Waals surface area contributed by atoms with Crippen LogP contribution in [0.2, 0.25) is 0 Å². The van der Waals surface area contributed by atoms with Crippen LogP contribution in [-0.4, -0.2) is 45.9 Å². The molecule has 0 aliphatic carbocycles. The zero-order valence-corrected chi connectivity index (χ0v) is 20.9. The summed E-state index contributed by atoms with van der Waals surface area (Å²) in [5, 5.41) is 2.89. The van der Waals surface area contributed by atoms with Gasteiger partial charge in [-0.25, -0.2) is 4.98 Å². The molecule has 2 amide bonds. The van der Waals surface area contributed by atoms with E-state index in [2.05, 4.69) is 21.9 Å². The lowest BCUT2D eigenvalue weighted by Gasteiger charge is -2.34. The van der Waals surface area contributed by atoms with Crippen molar-refractivity contribution in [3.8, 4) is 22.8 Å².